The zero-order chi connectivity index (χ0) is 13.1. The topological polar surface area (TPSA) is 72.6 Å². The number of aromatic nitrogens is 1. The van der Waals surface area contributed by atoms with Gasteiger partial charge >= 0.3 is 5.97 Å². The molecule has 18 heavy (non-hydrogen) atoms. The minimum absolute atomic E-state index is 0.0637. The molecule has 0 saturated carbocycles. The fourth-order valence-electron chi connectivity index (χ4n) is 1.41. The summed E-state index contributed by atoms with van der Waals surface area (Å²) in [6, 6.07) is 3.32. The molecule has 5 nitrogen and oxygen atoms in total. The summed E-state index contributed by atoms with van der Waals surface area (Å²) in [4.78, 5) is 14.8. The Bertz CT molecular complexity index is 579. The smallest absolute Gasteiger partial charge is 0.339 e. The van der Waals surface area contributed by atoms with Crippen molar-refractivity contribution in [3.05, 3.63) is 47.4 Å². The first-order valence-corrected chi connectivity index (χ1v) is 5.12. The number of ether oxygens (including phenoxy) is 1. The van der Waals surface area contributed by atoms with Crippen LogP contribution in [-0.4, -0.2) is 16.1 Å². The minimum atomic E-state index is -1.25. The lowest BCUT2D eigenvalue weighted by Crippen LogP contribution is -2.04. The summed E-state index contributed by atoms with van der Waals surface area (Å²) in [6.07, 6.45) is 1.27. The fraction of sp³-hybridized carbons (Fsp3) is 0.167. The van der Waals surface area contributed by atoms with Crippen LogP contribution in [0.5, 0.6) is 5.75 Å². The summed E-state index contributed by atoms with van der Waals surface area (Å²) in [5, 5.41) is 8.92. The van der Waals surface area contributed by atoms with Crippen molar-refractivity contribution in [3.63, 3.8) is 0 Å². The van der Waals surface area contributed by atoms with Gasteiger partial charge in [-0.25, -0.2) is 14.2 Å². The Hall–Kier alpha value is -2.37. The van der Waals surface area contributed by atoms with Crippen LogP contribution in [0, 0.1) is 12.7 Å². The molecule has 0 aliphatic heterocycles. The molecule has 1 aromatic heterocycles. The van der Waals surface area contributed by atoms with Crippen LogP contribution in [0.3, 0.4) is 0 Å². The predicted octanol–water partition coefficient (Wildman–Crippen LogP) is 2.40. The summed E-state index contributed by atoms with van der Waals surface area (Å²) in [5.41, 5.74) is 0.340. The third kappa shape index (κ3) is 2.48. The number of rotatable bonds is 4. The molecule has 0 aliphatic carbocycles. The number of hydrogen-bond acceptors (Lipinski definition) is 4. The van der Waals surface area contributed by atoms with Crippen LogP contribution >= 0.6 is 0 Å². The Balaban J connectivity index is 2.19. The van der Waals surface area contributed by atoms with Crippen LogP contribution in [0.15, 0.2) is 29.0 Å². The summed E-state index contributed by atoms with van der Waals surface area (Å²) < 4.78 is 23.2. The first-order valence-electron chi connectivity index (χ1n) is 5.12. The molecular weight excluding hydrogens is 241 g/mol. The largest absolute Gasteiger partial charge is 0.486 e. The minimum Gasteiger partial charge on any atom is -0.486 e. The van der Waals surface area contributed by atoms with Crippen LogP contribution in [0.2, 0.25) is 0 Å². The number of nitrogens with zero attached hydrogens (tertiary/aromatic N) is 1. The average Bonchev–Trinajstić information content (AvgIpc) is 2.73. The van der Waals surface area contributed by atoms with E-state index in [1.54, 1.807) is 6.92 Å². The molecule has 94 valence electrons. The van der Waals surface area contributed by atoms with E-state index >= 15 is 0 Å². The van der Waals surface area contributed by atoms with E-state index < -0.39 is 11.8 Å². The number of hydrogen-bond donors (Lipinski definition) is 1. The van der Waals surface area contributed by atoms with Gasteiger partial charge in [0.25, 0.3) is 0 Å². The van der Waals surface area contributed by atoms with Crippen molar-refractivity contribution < 1.29 is 23.4 Å². The van der Waals surface area contributed by atoms with Gasteiger partial charge in [0.05, 0.1) is 0 Å². The maximum Gasteiger partial charge on any atom is 0.339 e. The molecule has 0 fully saturated rings. The molecule has 2 aromatic rings. The summed E-state index contributed by atoms with van der Waals surface area (Å²) in [6.45, 7) is 1.78. The van der Waals surface area contributed by atoms with Crippen LogP contribution in [0.1, 0.15) is 21.8 Å². The Kier molecular flexibility index (Phi) is 3.27. The normalized spacial score (nSPS) is 10.3. The van der Waals surface area contributed by atoms with Gasteiger partial charge in [-0.3, -0.25) is 0 Å². The first-order chi connectivity index (χ1) is 8.58. The van der Waals surface area contributed by atoms with Gasteiger partial charge in [-0.15, -0.1) is 0 Å². The van der Waals surface area contributed by atoms with Crippen LogP contribution < -0.4 is 4.74 Å². The molecule has 1 N–H and O–H groups in total. The summed E-state index contributed by atoms with van der Waals surface area (Å²) >= 11 is 0. The maximum atomic E-state index is 12.9. The molecule has 6 heteroatoms. The van der Waals surface area contributed by atoms with E-state index in [0.717, 1.165) is 12.1 Å². The van der Waals surface area contributed by atoms with Crippen molar-refractivity contribution >= 4 is 5.97 Å². The van der Waals surface area contributed by atoms with E-state index in [1.165, 1.54) is 12.5 Å². The molecule has 0 aliphatic rings. The van der Waals surface area contributed by atoms with E-state index in [1.807, 2.05) is 0 Å². The summed E-state index contributed by atoms with van der Waals surface area (Å²) in [7, 11) is 0. The first kappa shape index (κ1) is 12.1. The molecule has 1 aromatic carbocycles. The lowest BCUT2D eigenvalue weighted by molar-refractivity contribution is 0.0691. The molecule has 2 rings (SSSR count). The zero-order valence-corrected chi connectivity index (χ0v) is 9.51. The number of halogens is 1. The predicted molar refractivity (Wildman–Crippen MR) is 58.9 cm³/mol. The van der Waals surface area contributed by atoms with Crippen molar-refractivity contribution in [1.82, 2.24) is 4.98 Å². The van der Waals surface area contributed by atoms with Gasteiger partial charge in [0.15, 0.2) is 6.39 Å². The number of aromatic carboxylic acids is 1. The van der Waals surface area contributed by atoms with Crippen molar-refractivity contribution in [2.45, 2.75) is 13.5 Å². The molecule has 0 unspecified atom stereocenters. The number of carbonyl (C=O) groups is 1. The molecule has 0 amide bonds. The highest BCUT2D eigenvalue weighted by Gasteiger charge is 2.13. The number of benzene rings is 1. The van der Waals surface area contributed by atoms with Gasteiger partial charge in [0.1, 0.15) is 35.2 Å². The van der Waals surface area contributed by atoms with Crippen LogP contribution in [-0.2, 0) is 6.61 Å². The van der Waals surface area contributed by atoms with Gasteiger partial charge in [-0.1, -0.05) is 0 Å². The zero-order valence-electron chi connectivity index (χ0n) is 9.51. The Labute approximate surface area is 102 Å². The fourth-order valence-corrected chi connectivity index (χ4v) is 1.41. The van der Waals surface area contributed by atoms with Crippen LogP contribution in [0.25, 0.3) is 0 Å². The van der Waals surface area contributed by atoms with Gasteiger partial charge < -0.3 is 14.3 Å². The second-order valence-electron chi connectivity index (χ2n) is 3.59. The van der Waals surface area contributed by atoms with E-state index in [9.17, 15) is 9.18 Å². The third-order valence-corrected chi connectivity index (χ3v) is 2.38. The molecule has 0 radical (unpaired) electrons. The van der Waals surface area contributed by atoms with Crippen molar-refractivity contribution in [1.29, 1.82) is 0 Å². The van der Waals surface area contributed by atoms with E-state index in [-0.39, 0.29) is 17.9 Å². The number of carboxylic acid groups (broad SMARTS) is 1. The van der Waals surface area contributed by atoms with Crippen LogP contribution in [0.4, 0.5) is 4.39 Å². The monoisotopic (exact) mass is 251 g/mol. The second kappa shape index (κ2) is 4.87. The quantitative estimate of drug-likeness (QED) is 0.903. The SMILES string of the molecule is Cc1ocnc1COc1ccc(F)cc1C(=O)O. The highest BCUT2D eigenvalue weighted by Crippen LogP contribution is 2.21. The van der Waals surface area contributed by atoms with Crippen molar-refractivity contribution in [3.8, 4) is 5.75 Å². The molecular formula is C12H10FNO4. The van der Waals surface area contributed by atoms with E-state index in [0.29, 0.717) is 11.5 Å². The summed E-state index contributed by atoms with van der Waals surface area (Å²) in [5.74, 6) is -1.20. The molecule has 1 heterocycles. The van der Waals surface area contributed by atoms with Crippen molar-refractivity contribution in [2.24, 2.45) is 0 Å². The van der Waals surface area contributed by atoms with E-state index in [4.69, 9.17) is 14.3 Å². The third-order valence-electron chi connectivity index (χ3n) is 2.38. The lowest BCUT2D eigenvalue weighted by atomic mass is 10.2. The highest BCUT2D eigenvalue weighted by atomic mass is 19.1. The number of oxazole rings is 1. The molecule has 0 bridgehead atoms. The van der Waals surface area contributed by atoms with Gasteiger partial charge in [-0.05, 0) is 25.1 Å². The van der Waals surface area contributed by atoms with E-state index in [2.05, 4.69) is 4.98 Å². The Morgan fingerprint density at radius 3 is 2.94 bits per heavy atom. The highest BCUT2D eigenvalue weighted by molar-refractivity contribution is 5.90. The average molecular weight is 251 g/mol. The number of carboxylic acids is 1. The maximum absolute atomic E-state index is 12.9. The Morgan fingerprint density at radius 1 is 1.56 bits per heavy atom. The second-order valence-corrected chi connectivity index (χ2v) is 3.59. The van der Waals surface area contributed by atoms with Gasteiger partial charge in [-0.2, -0.15) is 0 Å². The molecule has 0 spiro atoms. The standard InChI is InChI=1S/C12H10FNO4/c1-7-10(14-6-18-7)5-17-11-3-2-8(13)4-9(11)12(15)16/h2-4,6H,5H2,1H3,(H,15,16). The number of aryl methyl sites for hydroxylation is 1. The van der Waals surface area contributed by atoms with Gasteiger partial charge in [0.2, 0.25) is 0 Å². The van der Waals surface area contributed by atoms with Crippen molar-refractivity contribution in [2.75, 3.05) is 0 Å². The van der Waals surface area contributed by atoms with Gasteiger partial charge in [0, 0.05) is 0 Å². The Morgan fingerprint density at radius 2 is 2.33 bits per heavy atom. The lowest BCUT2D eigenvalue weighted by Gasteiger charge is -2.07. The molecule has 0 saturated heterocycles. The molecule has 0 atom stereocenters.